The third-order valence-electron chi connectivity index (χ3n) is 2.57. The summed E-state index contributed by atoms with van der Waals surface area (Å²) in [4.78, 5) is 11.5. The van der Waals surface area contributed by atoms with Crippen molar-refractivity contribution in [3.05, 3.63) is 17.5 Å². The fraction of sp³-hybridized carbons (Fsp3) is 0.636. The predicted molar refractivity (Wildman–Crippen MR) is 60.8 cm³/mol. The van der Waals surface area contributed by atoms with Crippen molar-refractivity contribution in [1.82, 2.24) is 15.5 Å². The second kappa shape index (κ2) is 5.65. The average molecular weight is 225 g/mol. The number of carbonyl (C=O) groups excluding carboxylic acids is 1. The lowest BCUT2D eigenvalue weighted by Gasteiger charge is -2.19. The van der Waals surface area contributed by atoms with Gasteiger partial charge in [-0.05, 0) is 12.8 Å². The summed E-state index contributed by atoms with van der Waals surface area (Å²) in [6, 6.07) is -0.278. The Morgan fingerprint density at radius 1 is 1.62 bits per heavy atom. The molecule has 0 saturated carbocycles. The standard InChI is InChI=1S/C11H19N3O2/c1-7(2)10(11(15)16-4)12-5-9-6-13-14-8(9)3/h6-7,10,12H,5H2,1-4H3,(H,13,14). The number of hydrogen-bond donors (Lipinski definition) is 2. The molecule has 2 N–H and O–H groups in total. The second-order valence-electron chi connectivity index (χ2n) is 4.15. The molecule has 90 valence electrons. The largest absolute Gasteiger partial charge is 0.468 e. The van der Waals surface area contributed by atoms with Crippen LogP contribution in [0, 0.1) is 12.8 Å². The molecular formula is C11H19N3O2. The number of aromatic amines is 1. The lowest BCUT2D eigenvalue weighted by molar-refractivity contribution is -0.144. The molecule has 0 fully saturated rings. The normalized spacial score (nSPS) is 12.8. The minimum atomic E-state index is -0.278. The van der Waals surface area contributed by atoms with E-state index in [1.54, 1.807) is 6.20 Å². The Balaban J connectivity index is 2.57. The minimum Gasteiger partial charge on any atom is -0.468 e. The van der Waals surface area contributed by atoms with E-state index in [4.69, 9.17) is 4.74 Å². The maximum absolute atomic E-state index is 11.5. The van der Waals surface area contributed by atoms with Crippen molar-refractivity contribution in [2.24, 2.45) is 5.92 Å². The number of aromatic nitrogens is 2. The lowest BCUT2D eigenvalue weighted by Crippen LogP contribution is -2.41. The van der Waals surface area contributed by atoms with Crippen LogP contribution in [-0.4, -0.2) is 29.3 Å². The summed E-state index contributed by atoms with van der Waals surface area (Å²) in [6.45, 7) is 6.53. The Morgan fingerprint density at radius 3 is 2.75 bits per heavy atom. The van der Waals surface area contributed by atoms with E-state index in [0.29, 0.717) is 6.54 Å². The molecular weight excluding hydrogens is 206 g/mol. The molecule has 1 atom stereocenters. The van der Waals surface area contributed by atoms with E-state index in [2.05, 4.69) is 15.5 Å². The zero-order valence-electron chi connectivity index (χ0n) is 10.2. The van der Waals surface area contributed by atoms with E-state index in [1.807, 2.05) is 20.8 Å². The van der Waals surface area contributed by atoms with Crippen LogP contribution >= 0.6 is 0 Å². The molecule has 16 heavy (non-hydrogen) atoms. The van der Waals surface area contributed by atoms with Crippen LogP contribution in [0.25, 0.3) is 0 Å². The molecule has 1 unspecified atom stereocenters. The molecule has 0 bridgehead atoms. The first-order valence-electron chi connectivity index (χ1n) is 5.36. The highest BCUT2D eigenvalue weighted by atomic mass is 16.5. The highest BCUT2D eigenvalue weighted by molar-refractivity contribution is 5.75. The Labute approximate surface area is 95.6 Å². The van der Waals surface area contributed by atoms with Gasteiger partial charge in [0, 0.05) is 17.8 Å². The molecule has 5 heteroatoms. The first-order chi connectivity index (χ1) is 7.56. The maximum Gasteiger partial charge on any atom is 0.323 e. The van der Waals surface area contributed by atoms with Gasteiger partial charge in [-0.1, -0.05) is 13.8 Å². The van der Waals surface area contributed by atoms with Crippen molar-refractivity contribution in [1.29, 1.82) is 0 Å². The van der Waals surface area contributed by atoms with Gasteiger partial charge in [0.05, 0.1) is 13.3 Å². The summed E-state index contributed by atoms with van der Waals surface area (Å²) < 4.78 is 4.75. The van der Waals surface area contributed by atoms with Crippen LogP contribution in [0.15, 0.2) is 6.20 Å². The predicted octanol–water partition coefficient (Wildman–Crippen LogP) is 1.01. The molecule has 0 aliphatic rings. The third kappa shape index (κ3) is 3.06. The number of nitrogens with one attached hydrogen (secondary N) is 2. The molecule has 1 rings (SSSR count). The summed E-state index contributed by atoms with van der Waals surface area (Å²) in [7, 11) is 1.41. The Kier molecular flexibility index (Phi) is 4.49. The van der Waals surface area contributed by atoms with Crippen molar-refractivity contribution in [2.75, 3.05) is 7.11 Å². The molecule has 0 aromatic carbocycles. The Morgan fingerprint density at radius 2 is 2.31 bits per heavy atom. The summed E-state index contributed by atoms with van der Waals surface area (Å²) in [6.07, 6.45) is 1.76. The fourth-order valence-corrected chi connectivity index (χ4v) is 1.49. The van der Waals surface area contributed by atoms with Gasteiger partial charge in [0.25, 0.3) is 0 Å². The molecule has 1 aromatic rings. The minimum absolute atomic E-state index is 0.194. The highest BCUT2D eigenvalue weighted by Crippen LogP contribution is 2.07. The maximum atomic E-state index is 11.5. The first-order valence-corrected chi connectivity index (χ1v) is 5.36. The number of esters is 1. The van der Waals surface area contributed by atoms with Gasteiger partial charge in [0.2, 0.25) is 0 Å². The van der Waals surface area contributed by atoms with Gasteiger partial charge >= 0.3 is 5.97 Å². The van der Waals surface area contributed by atoms with Crippen LogP contribution in [0.4, 0.5) is 0 Å². The van der Waals surface area contributed by atoms with Crippen LogP contribution < -0.4 is 5.32 Å². The smallest absolute Gasteiger partial charge is 0.323 e. The molecule has 0 spiro atoms. The van der Waals surface area contributed by atoms with Gasteiger partial charge < -0.3 is 4.74 Å². The summed E-state index contributed by atoms with van der Waals surface area (Å²) in [5.41, 5.74) is 2.08. The van der Waals surface area contributed by atoms with E-state index < -0.39 is 0 Å². The van der Waals surface area contributed by atoms with Crippen LogP contribution in [-0.2, 0) is 16.1 Å². The lowest BCUT2D eigenvalue weighted by atomic mass is 10.0. The summed E-state index contributed by atoms with van der Waals surface area (Å²) >= 11 is 0. The molecule has 0 radical (unpaired) electrons. The number of carbonyl (C=O) groups is 1. The van der Waals surface area contributed by atoms with E-state index in [9.17, 15) is 4.79 Å². The van der Waals surface area contributed by atoms with E-state index in [1.165, 1.54) is 7.11 Å². The molecule has 0 aliphatic heterocycles. The number of rotatable bonds is 5. The number of methoxy groups -OCH3 is 1. The number of aryl methyl sites for hydroxylation is 1. The zero-order valence-corrected chi connectivity index (χ0v) is 10.2. The van der Waals surface area contributed by atoms with Crippen LogP contribution in [0.5, 0.6) is 0 Å². The molecule has 0 saturated heterocycles. The van der Waals surface area contributed by atoms with Gasteiger partial charge in [-0.25, -0.2) is 0 Å². The van der Waals surface area contributed by atoms with Gasteiger partial charge in [0.1, 0.15) is 6.04 Å². The summed E-state index contributed by atoms with van der Waals surface area (Å²) in [5, 5.41) is 9.97. The van der Waals surface area contributed by atoms with Gasteiger partial charge in [0.15, 0.2) is 0 Å². The van der Waals surface area contributed by atoms with Gasteiger partial charge in [-0.2, -0.15) is 5.10 Å². The first kappa shape index (κ1) is 12.7. The van der Waals surface area contributed by atoms with E-state index in [0.717, 1.165) is 11.3 Å². The molecule has 0 amide bonds. The average Bonchev–Trinajstić information content (AvgIpc) is 2.64. The number of H-pyrrole nitrogens is 1. The Bertz CT molecular complexity index is 347. The van der Waals surface area contributed by atoms with E-state index in [-0.39, 0.29) is 17.9 Å². The van der Waals surface area contributed by atoms with Gasteiger partial charge in [-0.15, -0.1) is 0 Å². The fourth-order valence-electron chi connectivity index (χ4n) is 1.49. The molecule has 1 aromatic heterocycles. The van der Waals surface area contributed by atoms with Crippen molar-refractivity contribution in [3.63, 3.8) is 0 Å². The highest BCUT2D eigenvalue weighted by Gasteiger charge is 2.22. The van der Waals surface area contributed by atoms with Gasteiger partial charge in [-0.3, -0.25) is 15.2 Å². The van der Waals surface area contributed by atoms with Crippen LogP contribution in [0.1, 0.15) is 25.1 Å². The van der Waals surface area contributed by atoms with Crippen LogP contribution in [0.3, 0.4) is 0 Å². The molecule has 5 nitrogen and oxygen atoms in total. The topological polar surface area (TPSA) is 67.0 Å². The zero-order chi connectivity index (χ0) is 12.1. The molecule has 1 heterocycles. The number of nitrogens with zero attached hydrogens (tertiary/aromatic N) is 1. The monoisotopic (exact) mass is 225 g/mol. The molecule has 0 aliphatic carbocycles. The van der Waals surface area contributed by atoms with Crippen LogP contribution in [0.2, 0.25) is 0 Å². The van der Waals surface area contributed by atoms with Crippen molar-refractivity contribution in [2.45, 2.75) is 33.4 Å². The third-order valence-corrected chi connectivity index (χ3v) is 2.57. The van der Waals surface area contributed by atoms with E-state index >= 15 is 0 Å². The SMILES string of the molecule is COC(=O)C(NCc1cn[nH]c1C)C(C)C. The summed E-state index contributed by atoms with van der Waals surface area (Å²) in [5.74, 6) is -0.0317. The Hall–Kier alpha value is -1.36. The quantitative estimate of drug-likeness (QED) is 0.734. The van der Waals surface area contributed by atoms with Crippen molar-refractivity contribution in [3.8, 4) is 0 Å². The van der Waals surface area contributed by atoms with Crippen molar-refractivity contribution < 1.29 is 9.53 Å². The number of ether oxygens (including phenoxy) is 1. The second-order valence-corrected chi connectivity index (χ2v) is 4.15. The number of hydrogen-bond acceptors (Lipinski definition) is 4. The van der Waals surface area contributed by atoms with Crippen molar-refractivity contribution >= 4 is 5.97 Å².